The lowest BCUT2D eigenvalue weighted by atomic mass is 10.0. The summed E-state index contributed by atoms with van der Waals surface area (Å²) in [7, 11) is 2.96. The lowest BCUT2D eigenvalue weighted by Gasteiger charge is -2.13. The number of hydrogen-bond donors (Lipinski definition) is 1. The highest BCUT2D eigenvalue weighted by molar-refractivity contribution is 9.10. The molecule has 0 unspecified atom stereocenters. The number of anilines is 1. The van der Waals surface area contributed by atoms with Gasteiger partial charge >= 0.3 is 5.97 Å². The van der Waals surface area contributed by atoms with Gasteiger partial charge in [0.05, 0.1) is 19.8 Å². The number of esters is 1. The molecule has 7 heteroatoms. The molecule has 160 valence electrons. The van der Waals surface area contributed by atoms with Crippen molar-refractivity contribution in [3.05, 3.63) is 87.9 Å². The number of carbonyl (C=O) groups is 2. The smallest absolute Gasteiger partial charge is 0.338 e. The summed E-state index contributed by atoms with van der Waals surface area (Å²) in [5.41, 5.74) is 3.00. The van der Waals surface area contributed by atoms with Crippen molar-refractivity contribution < 1.29 is 23.8 Å². The summed E-state index contributed by atoms with van der Waals surface area (Å²) in [4.78, 5) is 24.8. The second-order valence-electron chi connectivity index (χ2n) is 6.64. The molecule has 0 aromatic heterocycles. The van der Waals surface area contributed by atoms with Crippen LogP contribution in [-0.4, -0.2) is 32.7 Å². The number of halogens is 1. The molecule has 31 heavy (non-hydrogen) atoms. The van der Waals surface area contributed by atoms with Crippen LogP contribution in [0, 0.1) is 0 Å². The Balaban J connectivity index is 1.64. The maximum Gasteiger partial charge on any atom is 0.338 e. The van der Waals surface area contributed by atoms with Crippen LogP contribution in [0.5, 0.6) is 11.5 Å². The molecular weight excluding hydrogens is 462 g/mol. The molecule has 1 amide bonds. The molecule has 3 aromatic carbocycles. The molecule has 0 atom stereocenters. The van der Waals surface area contributed by atoms with Crippen LogP contribution in [0.2, 0.25) is 0 Å². The number of benzene rings is 3. The minimum absolute atomic E-state index is 0.217. The van der Waals surface area contributed by atoms with Gasteiger partial charge in [-0.1, -0.05) is 48.5 Å². The molecule has 3 rings (SSSR count). The van der Waals surface area contributed by atoms with E-state index >= 15 is 0 Å². The molecule has 0 bridgehead atoms. The van der Waals surface area contributed by atoms with E-state index < -0.39 is 18.5 Å². The molecule has 0 fully saturated rings. The van der Waals surface area contributed by atoms with Gasteiger partial charge in [-0.15, -0.1) is 0 Å². The summed E-state index contributed by atoms with van der Waals surface area (Å²) in [6.07, 6.45) is 0.676. The first-order valence-corrected chi connectivity index (χ1v) is 10.3. The highest BCUT2D eigenvalue weighted by Gasteiger charge is 2.17. The van der Waals surface area contributed by atoms with Crippen LogP contribution < -0.4 is 14.8 Å². The first-order chi connectivity index (χ1) is 15.0. The van der Waals surface area contributed by atoms with Crippen LogP contribution in [0.4, 0.5) is 5.69 Å². The van der Waals surface area contributed by atoms with Crippen molar-refractivity contribution in [1.82, 2.24) is 0 Å². The van der Waals surface area contributed by atoms with Crippen LogP contribution in [-0.2, 0) is 16.0 Å². The number of amides is 1. The van der Waals surface area contributed by atoms with Gasteiger partial charge in [-0.25, -0.2) is 4.79 Å². The molecule has 6 nitrogen and oxygen atoms in total. The molecule has 0 saturated carbocycles. The van der Waals surface area contributed by atoms with Crippen molar-refractivity contribution in [2.75, 3.05) is 26.1 Å². The summed E-state index contributed by atoms with van der Waals surface area (Å²) in [5, 5.41) is 2.82. The molecule has 0 spiro atoms. The second-order valence-corrected chi connectivity index (χ2v) is 7.43. The SMILES string of the molecule is COc1cc(C(=O)OCC(=O)Nc2ccccc2Cc2ccccc2)cc(OC)c1Br. The highest BCUT2D eigenvalue weighted by Crippen LogP contribution is 2.35. The normalized spacial score (nSPS) is 10.3. The van der Waals surface area contributed by atoms with Gasteiger partial charge in [-0.2, -0.15) is 0 Å². The van der Waals surface area contributed by atoms with Gasteiger partial charge in [-0.05, 0) is 51.7 Å². The Hall–Kier alpha value is -3.32. The van der Waals surface area contributed by atoms with Crippen LogP contribution in [0.15, 0.2) is 71.2 Å². The predicted molar refractivity (Wildman–Crippen MR) is 122 cm³/mol. The van der Waals surface area contributed by atoms with Crippen molar-refractivity contribution in [2.45, 2.75) is 6.42 Å². The quantitative estimate of drug-likeness (QED) is 0.463. The Labute approximate surface area is 189 Å². The number of methoxy groups -OCH3 is 2. The fourth-order valence-electron chi connectivity index (χ4n) is 3.00. The van der Waals surface area contributed by atoms with Crippen LogP contribution in [0.25, 0.3) is 0 Å². The second kappa shape index (κ2) is 10.6. The zero-order valence-electron chi connectivity index (χ0n) is 17.2. The minimum atomic E-state index is -0.656. The molecule has 3 aromatic rings. The zero-order chi connectivity index (χ0) is 22.2. The molecule has 0 aliphatic heterocycles. The van der Waals surface area contributed by atoms with E-state index in [9.17, 15) is 9.59 Å². The minimum Gasteiger partial charge on any atom is -0.495 e. The predicted octanol–water partition coefficient (Wildman–Crippen LogP) is 4.85. The number of hydrogen-bond acceptors (Lipinski definition) is 5. The van der Waals surface area contributed by atoms with E-state index in [2.05, 4.69) is 21.2 Å². The lowest BCUT2D eigenvalue weighted by molar-refractivity contribution is -0.119. The number of rotatable bonds is 8. The Bertz CT molecular complexity index is 1040. The van der Waals surface area contributed by atoms with E-state index in [-0.39, 0.29) is 5.56 Å². The van der Waals surface area contributed by atoms with E-state index in [1.165, 1.54) is 26.4 Å². The average Bonchev–Trinajstić information content (AvgIpc) is 2.79. The summed E-state index contributed by atoms with van der Waals surface area (Å²) < 4.78 is 16.2. The topological polar surface area (TPSA) is 73.9 Å². The summed E-state index contributed by atoms with van der Waals surface area (Å²) in [6.45, 7) is -0.417. The van der Waals surface area contributed by atoms with Crippen LogP contribution in [0.3, 0.4) is 0 Å². The van der Waals surface area contributed by atoms with Gasteiger partial charge in [0.1, 0.15) is 16.0 Å². The van der Waals surface area contributed by atoms with Crippen molar-refractivity contribution in [3.63, 3.8) is 0 Å². The third-order valence-electron chi connectivity index (χ3n) is 4.54. The molecule has 0 aliphatic carbocycles. The summed E-state index contributed by atoms with van der Waals surface area (Å²) in [6, 6.07) is 20.5. The van der Waals surface area contributed by atoms with E-state index in [0.717, 1.165) is 11.1 Å². The van der Waals surface area contributed by atoms with Gasteiger partial charge in [0.15, 0.2) is 6.61 Å². The van der Waals surface area contributed by atoms with Crippen molar-refractivity contribution >= 4 is 33.5 Å². The van der Waals surface area contributed by atoms with E-state index in [0.29, 0.717) is 28.1 Å². The first-order valence-electron chi connectivity index (χ1n) is 9.52. The monoisotopic (exact) mass is 483 g/mol. The molecular formula is C24H22BrNO5. The fourth-order valence-corrected chi connectivity index (χ4v) is 3.55. The summed E-state index contributed by atoms with van der Waals surface area (Å²) >= 11 is 3.35. The number of para-hydroxylation sites is 1. The Morgan fingerprint density at radius 1 is 0.903 bits per heavy atom. The first kappa shape index (κ1) is 22.4. The Morgan fingerprint density at radius 3 is 2.16 bits per heavy atom. The molecule has 0 aliphatic rings. The standard InChI is InChI=1S/C24H22BrNO5/c1-29-20-13-18(14-21(30-2)23(20)25)24(28)31-15-22(27)26-19-11-7-6-10-17(19)12-16-8-4-3-5-9-16/h3-11,13-14H,12,15H2,1-2H3,(H,26,27). The average molecular weight is 484 g/mol. The van der Waals surface area contributed by atoms with E-state index in [1.807, 2.05) is 54.6 Å². The fraction of sp³-hybridized carbons (Fsp3) is 0.167. The van der Waals surface area contributed by atoms with E-state index in [1.54, 1.807) is 0 Å². The molecule has 0 radical (unpaired) electrons. The maximum atomic E-state index is 12.4. The third kappa shape index (κ3) is 5.86. The van der Waals surface area contributed by atoms with Gasteiger partial charge in [0.2, 0.25) is 0 Å². The third-order valence-corrected chi connectivity index (χ3v) is 5.33. The van der Waals surface area contributed by atoms with E-state index in [4.69, 9.17) is 14.2 Å². The van der Waals surface area contributed by atoms with Gasteiger partial charge < -0.3 is 19.5 Å². The van der Waals surface area contributed by atoms with Crippen molar-refractivity contribution in [2.24, 2.45) is 0 Å². The van der Waals surface area contributed by atoms with Crippen molar-refractivity contribution in [1.29, 1.82) is 0 Å². The van der Waals surface area contributed by atoms with Crippen LogP contribution >= 0.6 is 15.9 Å². The summed E-state index contributed by atoms with van der Waals surface area (Å²) in [5.74, 6) is -0.238. The highest BCUT2D eigenvalue weighted by atomic mass is 79.9. The molecule has 0 saturated heterocycles. The van der Waals surface area contributed by atoms with Gasteiger partial charge in [-0.3, -0.25) is 4.79 Å². The number of nitrogens with one attached hydrogen (secondary N) is 1. The molecule has 1 N–H and O–H groups in total. The number of carbonyl (C=O) groups excluding carboxylic acids is 2. The van der Waals surface area contributed by atoms with Gasteiger partial charge in [0.25, 0.3) is 5.91 Å². The Kier molecular flexibility index (Phi) is 7.67. The molecule has 0 heterocycles. The van der Waals surface area contributed by atoms with Gasteiger partial charge in [0, 0.05) is 5.69 Å². The Morgan fingerprint density at radius 2 is 1.52 bits per heavy atom. The van der Waals surface area contributed by atoms with Crippen LogP contribution in [0.1, 0.15) is 21.5 Å². The zero-order valence-corrected chi connectivity index (χ0v) is 18.8. The lowest BCUT2D eigenvalue weighted by Crippen LogP contribution is -2.21. The largest absolute Gasteiger partial charge is 0.495 e. The maximum absolute atomic E-state index is 12.4. The van der Waals surface area contributed by atoms with Crippen molar-refractivity contribution in [3.8, 4) is 11.5 Å². The number of ether oxygens (including phenoxy) is 3.